The summed E-state index contributed by atoms with van der Waals surface area (Å²) in [7, 11) is 0. The van der Waals surface area contributed by atoms with Crippen LogP contribution >= 0.6 is 0 Å². The average Bonchev–Trinajstić information content (AvgIpc) is 3.54. The third-order valence-corrected chi connectivity index (χ3v) is 16.9. The lowest BCUT2D eigenvalue weighted by atomic mass is 9.80. The van der Waals surface area contributed by atoms with E-state index < -0.39 is 0 Å². The number of fused-ring (bicyclic) bond motifs is 8. The molecule has 0 heteroatoms. The van der Waals surface area contributed by atoms with Gasteiger partial charge in [-0.1, -0.05) is 255 Å². The van der Waals surface area contributed by atoms with E-state index in [1.807, 2.05) is 0 Å². The van der Waals surface area contributed by atoms with E-state index in [9.17, 15) is 0 Å². The standard InChI is InChI=1S/C80H50/c1-3-23-55-43-57(41-39-51(55)19-1)59-45-60(58-42-40-52-20-2-4-24-56(52)44-58)47-63(46-59)77-69-29-9-13-33-73(69)79(74-34-14-10-30-70(74)77)80-75-35-15-11-31-71(75)78(72-32-12-16-36-76(72)80)64-49-61(67-37-17-25-53-21-5-7-27-65(53)67)48-62(50-64)68-38-18-26-54-22-6-8-28-66(54)68/h1-50H. The molecule has 0 aliphatic rings. The first-order valence-electron chi connectivity index (χ1n) is 27.8. The number of hydrogen-bond donors (Lipinski definition) is 0. The van der Waals surface area contributed by atoms with Crippen LogP contribution in [0.2, 0.25) is 0 Å². The van der Waals surface area contributed by atoms with Crippen molar-refractivity contribution in [2.24, 2.45) is 0 Å². The average molecular weight is 1010 g/mol. The van der Waals surface area contributed by atoms with Gasteiger partial charge in [0.05, 0.1) is 0 Å². The van der Waals surface area contributed by atoms with E-state index in [4.69, 9.17) is 0 Å². The summed E-state index contributed by atoms with van der Waals surface area (Å²) in [5.41, 5.74) is 17.0. The Kier molecular flexibility index (Phi) is 10.7. The molecule has 16 rings (SSSR count). The van der Waals surface area contributed by atoms with Gasteiger partial charge in [0.25, 0.3) is 0 Å². The normalized spacial score (nSPS) is 11.8. The highest BCUT2D eigenvalue weighted by molar-refractivity contribution is 6.30. The van der Waals surface area contributed by atoms with Crippen molar-refractivity contribution in [3.63, 3.8) is 0 Å². The fraction of sp³-hybridized carbons (Fsp3) is 0. The van der Waals surface area contributed by atoms with Crippen molar-refractivity contribution < 1.29 is 0 Å². The summed E-state index contributed by atoms with van der Waals surface area (Å²) in [6.45, 7) is 0. The Morgan fingerprint density at radius 2 is 0.388 bits per heavy atom. The Morgan fingerprint density at radius 3 is 0.762 bits per heavy atom. The van der Waals surface area contributed by atoms with Crippen LogP contribution < -0.4 is 0 Å². The van der Waals surface area contributed by atoms with Gasteiger partial charge in [-0.3, -0.25) is 0 Å². The highest BCUT2D eigenvalue weighted by Gasteiger charge is 2.24. The molecule has 0 aliphatic heterocycles. The van der Waals surface area contributed by atoms with Gasteiger partial charge in [-0.25, -0.2) is 0 Å². The van der Waals surface area contributed by atoms with Crippen LogP contribution in [0.5, 0.6) is 0 Å². The number of rotatable bonds is 7. The second-order valence-electron chi connectivity index (χ2n) is 21.5. The van der Waals surface area contributed by atoms with Crippen LogP contribution in [0.15, 0.2) is 303 Å². The van der Waals surface area contributed by atoms with Crippen LogP contribution in [-0.2, 0) is 0 Å². The minimum Gasteiger partial charge on any atom is -0.0616 e. The van der Waals surface area contributed by atoms with E-state index in [0.717, 1.165) is 0 Å². The molecule has 80 heavy (non-hydrogen) atoms. The maximum absolute atomic E-state index is 2.45. The smallest absolute Gasteiger partial charge is 0.00139 e. The third kappa shape index (κ3) is 7.53. The molecule has 0 bridgehead atoms. The molecule has 16 aromatic rings. The summed E-state index contributed by atoms with van der Waals surface area (Å²) in [5.74, 6) is 0. The molecule has 0 aromatic heterocycles. The molecule has 0 nitrogen and oxygen atoms in total. The second kappa shape index (κ2) is 18.7. The second-order valence-corrected chi connectivity index (χ2v) is 21.5. The van der Waals surface area contributed by atoms with Crippen molar-refractivity contribution in [2.75, 3.05) is 0 Å². The van der Waals surface area contributed by atoms with Crippen molar-refractivity contribution in [1.82, 2.24) is 0 Å². The minimum atomic E-state index is 1.19. The van der Waals surface area contributed by atoms with Crippen LogP contribution in [0.25, 0.3) is 164 Å². The summed E-state index contributed by atoms with van der Waals surface area (Å²) >= 11 is 0. The Bertz CT molecular complexity index is 4870. The molecule has 0 radical (unpaired) electrons. The predicted molar refractivity (Wildman–Crippen MR) is 345 cm³/mol. The molecular weight excluding hydrogens is 961 g/mol. The van der Waals surface area contributed by atoms with Crippen LogP contribution in [0.1, 0.15) is 0 Å². The molecule has 0 fully saturated rings. The molecule has 0 N–H and O–H groups in total. The first-order valence-corrected chi connectivity index (χ1v) is 27.8. The molecule has 0 atom stereocenters. The molecule has 16 aromatic carbocycles. The molecule has 0 spiro atoms. The largest absolute Gasteiger partial charge is 0.0616 e. The lowest BCUT2D eigenvalue weighted by Gasteiger charge is -2.23. The first kappa shape index (κ1) is 45.8. The highest BCUT2D eigenvalue weighted by atomic mass is 14.3. The fourth-order valence-corrected chi connectivity index (χ4v) is 13.3. The quantitative estimate of drug-likeness (QED) is 0.140. The van der Waals surface area contributed by atoms with Crippen molar-refractivity contribution in [2.45, 2.75) is 0 Å². The van der Waals surface area contributed by atoms with Gasteiger partial charge in [0.15, 0.2) is 0 Å². The van der Waals surface area contributed by atoms with Gasteiger partial charge in [-0.05, 0) is 213 Å². The topological polar surface area (TPSA) is 0 Å². The zero-order chi connectivity index (χ0) is 52.7. The van der Waals surface area contributed by atoms with E-state index in [1.54, 1.807) is 0 Å². The van der Waals surface area contributed by atoms with Gasteiger partial charge in [0, 0.05) is 0 Å². The van der Waals surface area contributed by atoms with Crippen molar-refractivity contribution in [3.8, 4) is 77.9 Å². The zero-order valence-corrected chi connectivity index (χ0v) is 43.9. The van der Waals surface area contributed by atoms with Crippen molar-refractivity contribution in [3.05, 3.63) is 303 Å². The summed E-state index contributed by atoms with van der Waals surface area (Å²) < 4.78 is 0. The van der Waals surface area contributed by atoms with Gasteiger partial charge in [0.1, 0.15) is 0 Å². The Morgan fingerprint density at radius 1 is 0.125 bits per heavy atom. The highest BCUT2D eigenvalue weighted by Crippen LogP contribution is 2.52. The molecule has 0 aliphatic carbocycles. The van der Waals surface area contributed by atoms with E-state index in [0.29, 0.717) is 0 Å². The molecular formula is C80H50. The predicted octanol–water partition coefficient (Wildman–Crippen LogP) is 22.6. The minimum absolute atomic E-state index is 1.19. The summed E-state index contributed by atoms with van der Waals surface area (Å²) in [6, 6.07) is 113. The van der Waals surface area contributed by atoms with Gasteiger partial charge < -0.3 is 0 Å². The van der Waals surface area contributed by atoms with Crippen LogP contribution in [0.3, 0.4) is 0 Å². The van der Waals surface area contributed by atoms with Crippen molar-refractivity contribution in [1.29, 1.82) is 0 Å². The lowest BCUT2D eigenvalue weighted by Crippen LogP contribution is -1.95. The van der Waals surface area contributed by atoms with Crippen LogP contribution in [0.4, 0.5) is 0 Å². The van der Waals surface area contributed by atoms with Gasteiger partial charge >= 0.3 is 0 Å². The van der Waals surface area contributed by atoms with E-state index >= 15 is 0 Å². The van der Waals surface area contributed by atoms with Gasteiger partial charge in [-0.15, -0.1) is 0 Å². The molecule has 0 amide bonds. The number of hydrogen-bond acceptors (Lipinski definition) is 0. The zero-order valence-electron chi connectivity index (χ0n) is 43.9. The maximum Gasteiger partial charge on any atom is -0.00139 e. The Hall–Kier alpha value is -10.4. The molecule has 0 unspecified atom stereocenters. The Labute approximate surface area is 464 Å². The molecule has 0 saturated carbocycles. The molecule has 370 valence electrons. The van der Waals surface area contributed by atoms with E-state index in [-0.39, 0.29) is 0 Å². The Balaban J connectivity index is 0.966. The van der Waals surface area contributed by atoms with Crippen LogP contribution in [0, 0.1) is 0 Å². The molecule has 0 heterocycles. The monoisotopic (exact) mass is 1010 g/mol. The first-order chi connectivity index (χ1) is 39.7. The summed E-state index contributed by atoms with van der Waals surface area (Å²) in [4.78, 5) is 0. The van der Waals surface area contributed by atoms with E-state index in [1.165, 1.54) is 164 Å². The van der Waals surface area contributed by atoms with Crippen LogP contribution in [-0.4, -0.2) is 0 Å². The van der Waals surface area contributed by atoms with Crippen molar-refractivity contribution >= 4 is 86.2 Å². The molecule has 0 saturated heterocycles. The third-order valence-electron chi connectivity index (χ3n) is 16.9. The lowest BCUT2D eigenvalue weighted by molar-refractivity contribution is 1.60. The summed E-state index contributed by atoms with van der Waals surface area (Å²) in [5, 5.41) is 19.7. The fourth-order valence-electron chi connectivity index (χ4n) is 13.3. The van der Waals surface area contributed by atoms with Gasteiger partial charge in [-0.2, -0.15) is 0 Å². The van der Waals surface area contributed by atoms with Gasteiger partial charge in [0.2, 0.25) is 0 Å². The number of benzene rings is 16. The van der Waals surface area contributed by atoms with E-state index in [2.05, 4.69) is 303 Å². The maximum atomic E-state index is 2.45. The SMILES string of the molecule is c1ccc2cc(-c3cc(-c4ccc5ccccc5c4)cc(-c4c5ccccc5c(-c5c6ccccc6c(-c6cc(-c7cccc8ccccc78)cc(-c7cccc8ccccc78)c6)c6ccccc56)c5ccccc45)c3)ccc2c1. The summed E-state index contributed by atoms with van der Waals surface area (Å²) in [6.07, 6.45) is 0.